The van der Waals surface area contributed by atoms with E-state index in [0.717, 1.165) is 0 Å². The van der Waals surface area contributed by atoms with Gasteiger partial charge in [0, 0.05) is 0 Å². The monoisotopic (exact) mass is 121 g/mol. The second kappa shape index (κ2) is 2.53. The number of ether oxygens (including phenoxy) is 1. The van der Waals surface area contributed by atoms with Gasteiger partial charge in [0.15, 0.2) is 0 Å². The summed E-state index contributed by atoms with van der Waals surface area (Å²) < 4.78 is 3.71. The minimum Gasteiger partial charge on any atom is -0.374 e. The van der Waals surface area contributed by atoms with E-state index in [1.807, 2.05) is 0 Å². The Bertz CT molecular complexity index is 89.1. The standard InChI is InChI=1S/C2H4NO3P/c3-1(4)6-2(5)7/h7H2,(H2,3,4). The van der Waals surface area contributed by atoms with Crippen LogP contribution in [0.1, 0.15) is 0 Å². The Morgan fingerprint density at radius 3 is 2.00 bits per heavy atom. The van der Waals surface area contributed by atoms with Crippen LogP contribution in [0.2, 0.25) is 0 Å². The van der Waals surface area contributed by atoms with Crippen molar-refractivity contribution in [1.82, 2.24) is 0 Å². The van der Waals surface area contributed by atoms with Crippen LogP contribution in [-0.2, 0) is 4.74 Å². The molecule has 4 nitrogen and oxygen atoms in total. The Labute approximate surface area is 42.2 Å². The molecule has 2 N–H and O–H groups in total. The number of nitrogens with two attached hydrogens (primary N) is 1. The van der Waals surface area contributed by atoms with Gasteiger partial charge in [0.1, 0.15) is 0 Å². The molecule has 0 aromatic heterocycles. The highest BCUT2D eigenvalue weighted by molar-refractivity contribution is 7.39. The van der Waals surface area contributed by atoms with Crippen molar-refractivity contribution in [2.24, 2.45) is 5.73 Å². The zero-order valence-electron chi connectivity index (χ0n) is 3.38. The lowest BCUT2D eigenvalue weighted by atomic mass is 11.2. The van der Waals surface area contributed by atoms with E-state index in [-0.39, 0.29) is 0 Å². The molecule has 0 radical (unpaired) electrons. The molecule has 0 bridgehead atoms. The fourth-order valence-electron chi connectivity index (χ4n) is 0.0991. The second-order valence-corrected chi connectivity index (χ2v) is 1.21. The molecular formula is C2H4NO3P. The fraction of sp³-hybridized carbons (Fsp3) is 0. The molecule has 7 heavy (non-hydrogen) atoms. The topological polar surface area (TPSA) is 69.4 Å². The Hall–Kier alpha value is -0.630. The van der Waals surface area contributed by atoms with Crippen molar-refractivity contribution in [3.63, 3.8) is 0 Å². The van der Waals surface area contributed by atoms with E-state index in [4.69, 9.17) is 0 Å². The molecule has 0 saturated heterocycles. The fourth-order valence-corrected chi connectivity index (χ4v) is 0.215. The summed E-state index contributed by atoms with van der Waals surface area (Å²) in [4.78, 5) is 19.3. The maximum absolute atomic E-state index is 9.69. The molecule has 0 heterocycles. The quantitative estimate of drug-likeness (QED) is 0.364. The largest absolute Gasteiger partial charge is 0.412 e. The predicted molar refractivity (Wildman–Crippen MR) is 25.8 cm³/mol. The summed E-state index contributed by atoms with van der Waals surface area (Å²) in [7, 11) is 1.64. The highest BCUT2D eigenvalue weighted by Crippen LogP contribution is 1.87. The summed E-state index contributed by atoms with van der Waals surface area (Å²) >= 11 is 0. The summed E-state index contributed by atoms with van der Waals surface area (Å²) in [5, 5.41) is 0. The van der Waals surface area contributed by atoms with Crippen LogP contribution in [0.15, 0.2) is 0 Å². The first-order valence-electron chi connectivity index (χ1n) is 1.39. The van der Waals surface area contributed by atoms with Crippen LogP contribution in [0.25, 0.3) is 0 Å². The zero-order valence-corrected chi connectivity index (χ0v) is 4.53. The van der Waals surface area contributed by atoms with Crippen LogP contribution in [0, 0.1) is 0 Å². The number of hydrogen-bond acceptors (Lipinski definition) is 3. The first kappa shape index (κ1) is 6.37. The smallest absolute Gasteiger partial charge is 0.374 e. The molecule has 1 unspecified atom stereocenters. The van der Waals surface area contributed by atoms with Crippen molar-refractivity contribution in [2.45, 2.75) is 0 Å². The van der Waals surface area contributed by atoms with Gasteiger partial charge in [-0.3, -0.25) is 0 Å². The number of hydrogen-bond donors (Lipinski definition) is 1. The van der Waals surface area contributed by atoms with Crippen LogP contribution in [0.3, 0.4) is 0 Å². The molecule has 0 fully saturated rings. The second-order valence-electron chi connectivity index (χ2n) is 0.740. The lowest BCUT2D eigenvalue weighted by Crippen LogP contribution is -2.13. The van der Waals surface area contributed by atoms with Gasteiger partial charge in [0.2, 0.25) is 0 Å². The summed E-state index contributed by atoms with van der Waals surface area (Å²) in [6, 6.07) is 0. The summed E-state index contributed by atoms with van der Waals surface area (Å²) in [5.41, 5.74) is 3.63. The molecule has 0 rings (SSSR count). The van der Waals surface area contributed by atoms with Gasteiger partial charge in [-0.05, 0) is 9.24 Å². The molecule has 0 aliphatic rings. The molecule has 40 valence electrons. The van der Waals surface area contributed by atoms with E-state index in [9.17, 15) is 9.59 Å². The van der Waals surface area contributed by atoms with E-state index < -0.39 is 11.8 Å². The highest BCUT2D eigenvalue weighted by atomic mass is 31.0. The van der Waals surface area contributed by atoms with Gasteiger partial charge >= 0.3 is 11.8 Å². The number of primary amides is 1. The average Bonchev–Trinajstić information content (AvgIpc) is 1.27. The van der Waals surface area contributed by atoms with Gasteiger partial charge in [-0.1, -0.05) is 0 Å². The van der Waals surface area contributed by atoms with Gasteiger partial charge in [0.25, 0.3) is 0 Å². The van der Waals surface area contributed by atoms with Crippen molar-refractivity contribution < 1.29 is 14.3 Å². The van der Waals surface area contributed by atoms with Crippen molar-refractivity contribution in [1.29, 1.82) is 0 Å². The first-order chi connectivity index (χ1) is 3.13. The molecule has 0 aliphatic carbocycles. The molecular weight excluding hydrogens is 117 g/mol. The van der Waals surface area contributed by atoms with Crippen LogP contribution in [0.5, 0.6) is 0 Å². The summed E-state index contributed by atoms with van der Waals surface area (Å²) in [6.07, 6.45) is -1.08. The van der Waals surface area contributed by atoms with Gasteiger partial charge in [-0.2, -0.15) is 0 Å². The summed E-state index contributed by atoms with van der Waals surface area (Å²) in [6.45, 7) is 0. The molecule has 1 amide bonds. The highest BCUT2D eigenvalue weighted by Gasteiger charge is 1.94. The van der Waals surface area contributed by atoms with E-state index in [0.29, 0.717) is 0 Å². The third-order valence-corrected chi connectivity index (χ3v) is 0.319. The number of carbonyl (C=O) groups excluding carboxylic acids is 2. The third-order valence-electron chi connectivity index (χ3n) is 0.201. The summed E-state index contributed by atoms with van der Waals surface area (Å²) in [5.74, 6) is 0. The molecule has 0 saturated carbocycles. The Kier molecular flexibility index (Phi) is 2.30. The maximum Gasteiger partial charge on any atom is 0.412 e. The molecule has 1 atom stereocenters. The minimum absolute atomic E-state index is 0.771. The van der Waals surface area contributed by atoms with E-state index in [1.165, 1.54) is 0 Å². The number of amides is 1. The lowest BCUT2D eigenvalue weighted by molar-refractivity contribution is 0.175. The van der Waals surface area contributed by atoms with Crippen molar-refractivity contribution >= 4 is 21.0 Å². The molecule has 5 heteroatoms. The molecule has 0 aromatic rings. The van der Waals surface area contributed by atoms with Crippen molar-refractivity contribution in [3.8, 4) is 0 Å². The van der Waals surface area contributed by atoms with Gasteiger partial charge in [-0.25, -0.2) is 9.59 Å². The molecule has 0 spiro atoms. The van der Waals surface area contributed by atoms with E-state index in [2.05, 4.69) is 10.5 Å². The van der Waals surface area contributed by atoms with Crippen LogP contribution < -0.4 is 5.73 Å². The first-order valence-corrected chi connectivity index (χ1v) is 1.97. The lowest BCUT2D eigenvalue weighted by Gasteiger charge is -1.87. The third kappa shape index (κ3) is 5.37. The minimum atomic E-state index is -1.08. The molecule has 0 aromatic carbocycles. The van der Waals surface area contributed by atoms with Gasteiger partial charge in [-0.15, -0.1) is 0 Å². The SMILES string of the molecule is NC(=O)OC(=O)P. The van der Waals surface area contributed by atoms with Crippen molar-refractivity contribution in [3.05, 3.63) is 0 Å². The van der Waals surface area contributed by atoms with Crippen LogP contribution >= 0.6 is 9.24 Å². The van der Waals surface area contributed by atoms with Crippen LogP contribution in [0.4, 0.5) is 9.59 Å². The zero-order chi connectivity index (χ0) is 5.86. The van der Waals surface area contributed by atoms with E-state index in [1.54, 1.807) is 9.24 Å². The van der Waals surface area contributed by atoms with Crippen molar-refractivity contribution in [2.75, 3.05) is 0 Å². The van der Waals surface area contributed by atoms with Gasteiger partial charge < -0.3 is 10.5 Å². The predicted octanol–water partition coefficient (Wildman–Crippen LogP) is 0.0768. The Morgan fingerprint density at radius 2 is 2.00 bits per heavy atom. The molecule has 0 aliphatic heterocycles. The number of rotatable bonds is 0. The maximum atomic E-state index is 9.69. The van der Waals surface area contributed by atoms with Gasteiger partial charge in [0.05, 0.1) is 0 Å². The normalized spacial score (nSPS) is 7.57. The number of carbonyl (C=O) groups is 2. The average molecular weight is 121 g/mol. The Balaban J connectivity index is 3.32. The van der Waals surface area contributed by atoms with Crippen LogP contribution in [-0.4, -0.2) is 11.8 Å². The van der Waals surface area contributed by atoms with E-state index >= 15 is 0 Å². The Morgan fingerprint density at radius 1 is 1.57 bits per heavy atom.